The SMILES string of the molecule is C=C(C)C(=O)N(CC1CO1)C(=O)O. The third-order valence-electron chi connectivity index (χ3n) is 1.63. The van der Waals surface area contributed by atoms with Crippen molar-refractivity contribution in [3.8, 4) is 0 Å². The maximum absolute atomic E-state index is 11.2. The van der Waals surface area contributed by atoms with Crippen LogP contribution in [0.2, 0.25) is 0 Å². The number of ether oxygens (including phenoxy) is 1. The van der Waals surface area contributed by atoms with Gasteiger partial charge in [-0.05, 0) is 6.92 Å². The summed E-state index contributed by atoms with van der Waals surface area (Å²) < 4.78 is 4.83. The summed E-state index contributed by atoms with van der Waals surface area (Å²) in [6.45, 7) is 5.49. The smallest absolute Gasteiger partial charge is 0.414 e. The Balaban J connectivity index is 2.59. The Bertz CT molecular complexity index is 257. The van der Waals surface area contributed by atoms with Crippen LogP contribution in [0.15, 0.2) is 12.2 Å². The molecule has 0 radical (unpaired) electrons. The van der Waals surface area contributed by atoms with Crippen LogP contribution in [0.5, 0.6) is 0 Å². The van der Waals surface area contributed by atoms with Gasteiger partial charge >= 0.3 is 6.09 Å². The van der Waals surface area contributed by atoms with Crippen molar-refractivity contribution in [3.05, 3.63) is 12.2 Å². The van der Waals surface area contributed by atoms with Crippen LogP contribution in [0.1, 0.15) is 6.92 Å². The number of nitrogens with zero attached hydrogens (tertiary/aromatic N) is 1. The average Bonchev–Trinajstić information content (AvgIpc) is 2.81. The number of amides is 2. The molecular formula is C8H11NO4. The first-order valence-corrected chi connectivity index (χ1v) is 3.84. The van der Waals surface area contributed by atoms with Gasteiger partial charge in [0.25, 0.3) is 5.91 Å². The van der Waals surface area contributed by atoms with Crippen molar-refractivity contribution < 1.29 is 19.4 Å². The van der Waals surface area contributed by atoms with Gasteiger partial charge in [0, 0.05) is 5.57 Å². The fraction of sp³-hybridized carbons (Fsp3) is 0.500. The molecule has 0 aromatic heterocycles. The van der Waals surface area contributed by atoms with E-state index in [9.17, 15) is 9.59 Å². The summed E-state index contributed by atoms with van der Waals surface area (Å²) >= 11 is 0. The molecule has 13 heavy (non-hydrogen) atoms. The summed E-state index contributed by atoms with van der Waals surface area (Å²) in [5.74, 6) is -0.567. The van der Waals surface area contributed by atoms with Crippen LogP contribution in [0.25, 0.3) is 0 Å². The van der Waals surface area contributed by atoms with Crippen LogP contribution in [0, 0.1) is 0 Å². The van der Waals surface area contributed by atoms with Gasteiger partial charge < -0.3 is 9.84 Å². The Morgan fingerprint density at radius 2 is 2.23 bits per heavy atom. The van der Waals surface area contributed by atoms with Gasteiger partial charge in [0.15, 0.2) is 0 Å². The Labute approximate surface area is 75.6 Å². The van der Waals surface area contributed by atoms with Crippen molar-refractivity contribution in [1.29, 1.82) is 0 Å². The molecule has 1 aliphatic heterocycles. The van der Waals surface area contributed by atoms with Crippen molar-refractivity contribution >= 4 is 12.0 Å². The van der Waals surface area contributed by atoms with Crippen LogP contribution in [0.4, 0.5) is 4.79 Å². The second kappa shape index (κ2) is 3.57. The highest BCUT2D eigenvalue weighted by molar-refractivity contribution is 6.01. The van der Waals surface area contributed by atoms with Gasteiger partial charge in [-0.15, -0.1) is 0 Å². The van der Waals surface area contributed by atoms with E-state index >= 15 is 0 Å². The van der Waals surface area contributed by atoms with Gasteiger partial charge in [-0.3, -0.25) is 4.79 Å². The van der Waals surface area contributed by atoms with Crippen molar-refractivity contribution in [1.82, 2.24) is 4.90 Å². The number of carbonyl (C=O) groups excluding carboxylic acids is 1. The minimum Gasteiger partial charge on any atom is -0.465 e. The van der Waals surface area contributed by atoms with E-state index in [2.05, 4.69) is 6.58 Å². The third-order valence-corrected chi connectivity index (χ3v) is 1.63. The lowest BCUT2D eigenvalue weighted by Crippen LogP contribution is -2.38. The molecule has 5 heteroatoms. The molecule has 5 nitrogen and oxygen atoms in total. The van der Waals surface area contributed by atoms with Crippen molar-refractivity contribution in [2.45, 2.75) is 13.0 Å². The normalized spacial score (nSPS) is 19.3. The Hall–Kier alpha value is -1.36. The molecule has 1 atom stereocenters. The Kier molecular flexibility index (Phi) is 2.67. The molecule has 1 N–H and O–H groups in total. The summed E-state index contributed by atoms with van der Waals surface area (Å²) in [6.07, 6.45) is -1.39. The lowest BCUT2D eigenvalue weighted by atomic mass is 10.3. The van der Waals surface area contributed by atoms with E-state index in [1.807, 2.05) is 0 Å². The number of carboxylic acid groups (broad SMARTS) is 1. The molecule has 1 saturated heterocycles. The highest BCUT2D eigenvalue weighted by Crippen LogP contribution is 2.12. The Morgan fingerprint density at radius 3 is 2.54 bits per heavy atom. The predicted molar refractivity (Wildman–Crippen MR) is 44.3 cm³/mol. The molecule has 1 unspecified atom stereocenters. The summed E-state index contributed by atoms with van der Waals surface area (Å²) in [4.78, 5) is 22.6. The third kappa shape index (κ3) is 2.55. The zero-order valence-electron chi connectivity index (χ0n) is 7.32. The van der Waals surface area contributed by atoms with Crippen molar-refractivity contribution in [3.63, 3.8) is 0 Å². The van der Waals surface area contributed by atoms with E-state index in [4.69, 9.17) is 9.84 Å². The molecule has 72 valence electrons. The second-order valence-corrected chi connectivity index (χ2v) is 2.93. The van der Waals surface area contributed by atoms with Gasteiger partial charge in [-0.1, -0.05) is 6.58 Å². The first-order valence-electron chi connectivity index (χ1n) is 3.84. The summed E-state index contributed by atoms with van der Waals surface area (Å²) in [5, 5.41) is 8.68. The zero-order valence-corrected chi connectivity index (χ0v) is 7.32. The standard InChI is InChI=1S/C8H11NO4/c1-5(2)7(10)9(8(11)12)3-6-4-13-6/h6H,1,3-4H2,2H3,(H,11,12). The van der Waals surface area contributed by atoms with Gasteiger partial charge in [-0.25, -0.2) is 9.69 Å². The molecule has 0 aromatic carbocycles. The van der Waals surface area contributed by atoms with Gasteiger partial charge in [0.1, 0.15) is 0 Å². The molecule has 1 heterocycles. The quantitative estimate of drug-likeness (QED) is 0.512. The maximum atomic E-state index is 11.2. The highest BCUT2D eigenvalue weighted by atomic mass is 16.6. The number of epoxide rings is 1. The van der Waals surface area contributed by atoms with E-state index in [-0.39, 0.29) is 18.2 Å². The van der Waals surface area contributed by atoms with Crippen molar-refractivity contribution in [2.75, 3.05) is 13.2 Å². The minimum absolute atomic E-state index is 0.0982. The van der Waals surface area contributed by atoms with Crippen LogP contribution < -0.4 is 0 Å². The van der Waals surface area contributed by atoms with Gasteiger partial charge in [0.05, 0.1) is 19.3 Å². The van der Waals surface area contributed by atoms with Crippen LogP contribution in [0.3, 0.4) is 0 Å². The topological polar surface area (TPSA) is 70.1 Å². The molecule has 2 amide bonds. The average molecular weight is 185 g/mol. The fourth-order valence-electron chi connectivity index (χ4n) is 0.855. The van der Waals surface area contributed by atoms with Crippen molar-refractivity contribution in [2.24, 2.45) is 0 Å². The number of imide groups is 1. The van der Waals surface area contributed by atoms with Crippen LogP contribution in [-0.4, -0.2) is 41.3 Å². The number of hydrogen-bond donors (Lipinski definition) is 1. The molecule has 1 aliphatic rings. The minimum atomic E-state index is -1.26. The molecule has 0 bridgehead atoms. The molecule has 1 fully saturated rings. The summed E-state index contributed by atoms with van der Waals surface area (Å²) in [5.41, 5.74) is 0.211. The lowest BCUT2D eigenvalue weighted by Gasteiger charge is -2.15. The molecule has 0 aromatic rings. The summed E-state index contributed by atoms with van der Waals surface area (Å²) in [7, 11) is 0. The predicted octanol–water partition coefficient (Wildman–Crippen LogP) is 0.468. The maximum Gasteiger partial charge on any atom is 0.414 e. The highest BCUT2D eigenvalue weighted by Gasteiger charge is 2.31. The number of hydrogen-bond acceptors (Lipinski definition) is 3. The first-order chi connectivity index (χ1) is 6.02. The molecule has 0 spiro atoms. The van der Waals surface area contributed by atoms with Crippen LogP contribution >= 0.6 is 0 Å². The Morgan fingerprint density at radius 1 is 1.69 bits per heavy atom. The van der Waals surface area contributed by atoms with Crippen LogP contribution in [-0.2, 0) is 9.53 Å². The first kappa shape index (κ1) is 9.73. The largest absolute Gasteiger partial charge is 0.465 e. The lowest BCUT2D eigenvalue weighted by molar-refractivity contribution is -0.125. The molecule has 0 aliphatic carbocycles. The van der Waals surface area contributed by atoms with E-state index < -0.39 is 12.0 Å². The molecular weight excluding hydrogens is 174 g/mol. The summed E-state index contributed by atoms with van der Waals surface area (Å²) in [6, 6.07) is 0. The van der Waals surface area contributed by atoms with Gasteiger partial charge in [-0.2, -0.15) is 0 Å². The number of carbonyl (C=O) groups is 2. The molecule has 0 saturated carbocycles. The zero-order chi connectivity index (χ0) is 10.0. The second-order valence-electron chi connectivity index (χ2n) is 2.93. The molecule has 1 rings (SSSR count). The number of rotatable bonds is 3. The van der Waals surface area contributed by atoms with E-state index in [1.165, 1.54) is 6.92 Å². The van der Waals surface area contributed by atoms with E-state index in [0.29, 0.717) is 6.61 Å². The monoisotopic (exact) mass is 185 g/mol. The van der Waals surface area contributed by atoms with E-state index in [0.717, 1.165) is 4.90 Å². The fourth-order valence-corrected chi connectivity index (χ4v) is 0.855. The van der Waals surface area contributed by atoms with E-state index in [1.54, 1.807) is 0 Å². The van der Waals surface area contributed by atoms with Gasteiger partial charge in [0.2, 0.25) is 0 Å².